The number of phenols is 2. The fourth-order valence-corrected chi connectivity index (χ4v) is 2.91. The first-order chi connectivity index (χ1) is 11.0. The highest BCUT2D eigenvalue weighted by atomic mass is 16.3. The lowest BCUT2D eigenvalue weighted by Crippen LogP contribution is -2.47. The van der Waals surface area contributed by atoms with Gasteiger partial charge < -0.3 is 20.4 Å². The van der Waals surface area contributed by atoms with Crippen LogP contribution in [0.4, 0.5) is 5.69 Å². The third-order valence-corrected chi connectivity index (χ3v) is 4.34. The Labute approximate surface area is 135 Å². The Kier molecular flexibility index (Phi) is 3.86. The van der Waals surface area contributed by atoms with Crippen LogP contribution in [0.3, 0.4) is 0 Å². The molecular formula is C18H20N2O3. The third-order valence-electron chi connectivity index (χ3n) is 4.34. The minimum Gasteiger partial charge on any atom is -0.508 e. The van der Waals surface area contributed by atoms with Gasteiger partial charge in [0.15, 0.2) is 0 Å². The Morgan fingerprint density at radius 3 is 2.65 bits per heavy atom. The van der Waals surface area contributed by atoms with E-state index >= 15 is 0 Å². The van der Waals surface area contributed by atoms with Crippen LogP contribution in [-0.4, -0.2) is 27.1 Å². The standard InChI is InChI=1S/C18H20N2O3/c1-3-11(2)20-17(14-9-8-12(21)10-16(14)22)19-15-7-5-4-6-13(15)18(20)23/h4-11,17,19,21-22H,3H2,1-2H3/t11-,17-/m0/s1. The molecule has 1 amide bonds. The summed E-state index contributed by atoms with van der Waals surface area (Å²) in [5.74, 6) is -0.113. The molecule has 0 saturated heterocycles. The number of para-hydroxylation sites is 1. The van der Waals surface area contributed by atoms with Crippen LogP contribution in [0.25, 0.3) is 0 Å². The highest BCUT2D eigenvalue weighted by Crippen LogP contribution is 2.38. The summed E-state index contributed by atoms with van der Waals surface area (Å²) in [6, 6.07) is 11.8. The number of carbonyl (C=O) groups excluding carboxylic acids is 1. The summed E-state index contributed by atoms with van der Waals surface area (Å²) >= 11 is 0. The molecule has 0 aromatic heterocycles. The van der Waals surface area contributed by atoms with Crippen molar-refractivity contribution in [1.82, 2.24) is 4.90 Å². The van der Waals surface area contributed by atoms with E-state index in [0.29, 0.717) is 11.1 Å². The Morgan fingerprint density at radius 2 is 1.96 bits per heavy atom. The molecule has 2 atom stereocenters. The molecule has 0 aliphatic carbocycles. The van der Waals surface area contributed by atoms with E-state index in [4.69, 9.17) is 0 Å². The minimum atomic E-state index is -0.479. The Balaban J connectivity index is 2.11. The van der Waals surface area contributed by atoms with Gasteiger partial charge in [-0.1, -0.05) is 19.1 Å². The van der Waals surface area contributed by atoms with Gasteiger partial charge in [-0.25, -0.2) is 0 Å². The van der Waals surface area contributed by atoms with Gasteiger partial charge >= 0.3 is 0 Å². The van der Waals surface area contributed by atoms with E-state index < -0.39 is 6.17 Å². The molecule has 5 heteroatoms. The Bertz CT molecular complexity index is 745. The summed E-state index contributed by atoms with van der Waals surface area (Å²) in [7, 11) is 0. The number of fused-ring (bicyclic) bond motifs is 1. The van der Waals surface area contributed by atoms with Crippen molar-refractivity contribution in [2.75, 3.05) is 5.32 Å². The average molecular weight is 312 g/mol. The normalized spacial score (nSPS) is 18.3. The van der Waals surface area contributed by atoms with Gasteiger partial charge in [0.1, 0.15) is 17.7 Å². The number of carbonyl (C=O) groups is 1. The molecule has 0 bridgehead atoms. The van der Waals surface area contributed by atoms with Crippen molar-refractivity contribution in [3.63, 3.8) is 0 Å². The van der Waals surface area contributed by atoms with Crippen LogP contribution in [0.5, 0.6) is 11.5 Å². The number of nitrogens with one attached hydrogen (secondary N) is 1. The van der Waals surface area contributed by atoms with Crippen LogP contribution >= 0.6 is 0 Å². The summed E-state index contributed by atoms with van der Waals surface area (Å²) in [6.07, 6.45) is 0.318. The first-order valence-corrected chi connectivity index (χ1v) is 7.73. The van der Waals surface area contributed by atoms with Crippen molar-refractivity contribution >= 4 is 11.6 Å². The predicted molar refractivity (Wildman–Crippen MR) is 88.5 cm³/mol. The van der Waals surface area contributed by atoms with Gasteiger partial charge in [-0.05, 0) is 37.6 Å². The van der Waals surface area contributed by atoms with Crippen molar-refractivity contribution in [1.29, 1.82) is 0 Å². The first-order valence-electron chi connectivity index (χ1n) is 7.73. The molecule has 1 aliphatic heterocycles. The second-order valence-corrected chi connectivity index (χ2v) is 5.81. The number of hydrogen-bond acceptors (Lipinski definition) is 4. The van der Waals surface area contributed by atoms with Gasteiger partial charge in [0.2, 0.25) is 0 Å². The number of aromatic hydroxyl groups is 2. The topological polar surface area (TPSA) is 72.8 Å². The molecular weight excluding hydrogens is 292 g/mol. The van der Waals surface area contributed by atoms with Crippen molar-refractivity contribution in [3.05, 3.63) is 53.6 Å². The van der Waals surface area contributed by atoms with E-state index in [-0.39, 0.29) is 23.4 Å². The number of rotatable bonds is 3. The summed E-state index contributed by atoms with van der Waals surface area (Å²) in [5, 5.41) is 23.1. The molecule has 3 rings (SSSR count). The molecule has 0 saturated carbocycles. The van der Waals surface area contributed by atoms with Crippen LogP contribution in [0, 0.1) is 0 Å². The van der Waals surface area contributed by atoms with E-state index in [1.807, 2.05) is 32.0 Å². The number of benzene rings is 2. The molecule has 2 aromatic rings. The number of nitrogens with zero attached hydrogens (tertiary/aromatic N) is 1. The van der Waals surface area contributed by atoms with Crippen molar-refractivity contribution < 1.29 is 15.0 Å². The Morgan fingerprint density at radius 1 is 1.22 bits per heavy atom. The molecule has 1 aliphatic rings. The molecule has 3 N–H and O–H groups in total. The molecule has 5 nitrogen and oxygen atoms in total. The summed E-state index contributed by atoms with van der Waals surface area (Å²) in [6.45, 7) is 4.00. The predicted octanol–water partition coefficient (Wildman–Crippen LogP) is 3.46. The van der Waals surface area contributed by atoms with Gasteiger partial charge in [0, 0.05) is 23.4 Å². The number of amides is 1. The van der Waals surface area contributed by atoms with Crippen LogP contribution in [-0.2, 0) is 0 Å². The monoisotopic (exact) mass is 312 g/mol. The molecule has 0 unspecified atom stereocenters. The lowest BCUT2D eigenvalue weighted by Gasteiger charge is -2.41. The summed E-state index contributed by atoms with van der Waals surface area (Å²) in [4.78, 5) is 14.7. The highest BCUT2D eigenvalue weighted by Gasteiger charge is 2.36. The fourth-order valence-electron chi connectivity index (χ4n) is 2.91. The Hall–Kier alpha value is -2.69. The van der Waals surface area contributed by atoms with Gasteiger partial charge in [-0.2, -0.15) is 0 Å². The molecule has 0 radical (unpaired) electrons. The zero-order valence-electron chi connectivity index (χ0n) is 13.2. The fraction of sp³-hybridized carbons (Fsp3) is 0.278. The number of hydrogen-bond donors (Lipinski definition) is 3. The first kappa shape index (κ1) is 15.2. The maximum absolute atomic E-state index is 12.9. The maximum atomic E-state index is 12.9. The number of anilines is 1. The van der Waals surface area contributed by atoms with E-state index in [1.54, 1.807) is 17.0 Å². The van der Waals surface area contributed by atoms with Gasteiger partial charge in [0.25, 0.3) is 5.91 Å². The van der Waals surface area contributed by atoms with Crippen molar-refractivity contribution in [2.24, 2.45) is 0 Å². The second kappa shape index (κ2) is 5.83. The highest BCUT2D eigenvalue weighted by molar-refractivity contribution is 6.02. The quantitative estimate of drug-likeness (QED) is 0.811. The zero-order valence-corrected chi connectivity index (χ0v) is 13.2. The summed E-state index contributed by atoms with van der Waals surface area (Å²) < 4.78 is 0. The van der Waals surface area contributed by atoms with Gasteiger partial charge in [-0.3, -0.25) is 4.79 Å². The van der Waals surface area contributed by atoms with Crippen LogP contribution in [0.1, 0.15) is 42.4 Å². The van der Waals surface area contributed by atoms with Crippen LogP contribution in [0.2, 0.25) is 0 Å². The molecule has 1 heterocycles. The number of phenolic OH excluding ortho intramolecular Hbond substituents is 2. The van der Waals surface area contributed by atoms with E-state index in [2.05, 4.69) is 5.32 Å². The van der Waals surface area contributed by atoms with Crippen LogP contribution < -0.4 is 5.32 Å². The lowest BCUT2D eigenvalue weighted by molar-refractivity contribution is 0.0591. The van der Waals surface area contributed by atoms with Gasteiger partial charge in [-0.15, -0.1) is 0 Å². The van der Waals surface area contributed by atoms with Gasteiger partial charge in [0.05, 0.1) is 5.56 Å². The molecule has 2 aromatic carbocycles. The second-order valence-electron chi connectivity index (χ2n) is 5.81. The van der Waals surface area contributed by atoms with E-state index in [0.717, 1.165) is 12.1 Å². The SMILES string of the molecule is CC[C@H](C)N1C(=O)c2ccccc2N[C@@H]1c1ccc(O)cc1O. The maximum Gasteiger partial charge on any atom is 0.258 e. The van der Waals surface area contributed by atoms with Crippen molar-refractivity contribution in [2.45, 2.75) is 32.5 Å². The smallest absolute Gasteiger partial charge is 0.258 e. The minimum absolute atomic E-state index is 0.00144. The van der Waals surface area contributed by atoms with E-state index in [1.165, 1.54) is 12.1 Å². The van der Waals surface area contributed by atoms with Crippen LogP contribution in [0.15, 0.2) is 42.5 Å². The molecule has 0 spiro atoms. The zero-order chi connectivity index (χ0) is 16.6. The molecule has 23 heavy (non-hydrogen) atoms. The molecule has 120 valence electrons. The van der Waals surface area contributed by atoms with Crippen molar-refractivity contribution in [3.8, 4) is 11.5 Å². The average Bonchev–Trinajstić information content (AvgIpc) is 2.54. The third kappa shape index (κ3) is 2.59. The largest absolute Gasteiger partial charge is 0.508 e. The molecule has 0 fully saturated rings. The lowest BCUT2D eigenvalue weighted by atomic mass is 10.00. The van der Waals surface area contributed by atoms with E-state index in [9.17, 15) is 15.0 Å². The summed E-state index contributed by atoms with van der Waals surface area (Å²) in [5.41, 5.74) is 1.93.